The predicted octanol–water partition coefficient (Wildman–Crippen LogP) is 1.42. The van der Waals surface area contributed by atoms with Gasteiger partial charge in [0, 0.05) is 11.6 Å². The van der Waals surface area contributed by atoms with Crippen LogP contribution in [0.3, 0.4) is 0 Å². The van der Waals surface area contributed by atoms with Crippen LogP contribution in [0, 0.1) is 0 Å². The Bertz CT molecular complexity index is 424. The molecule has 2 aromatic heterocycles. The van der Waals surface area contributed by atoms with Gasteiger partial charge in [-0.05, 0) is 0 Å². The van der Waals surface area contributed by atoms with Crippen molar-refractivity contribution in [1.82, 2.24) is 19.6 Å². The summed E-state index contributed by atoms with van der Waals surface area (Å²) in [5.41, 5.74) is 0.993. The molecule has 0 N–H and O–H groups in total. The van der Waals surface area contributed by atoms with Gasteiger partial charge in [0.05, 0.1) is 18.1 Å². The monoisotopic (exact) mass is 176 g/mol. The molecule has 0 saturated carbocycles. The third kappa shape index (κ3) is 1.39. The van der Waals surface area contributed by atoms with Crippen LogP contribution < -0.4 is 0 Å². The van der Waals surface area contributed by atoms with Crippen molar-refractivity contribution >= 4 is 5.78 Å². The molecule has 0 unspecified atom stereocenters. The summed E-state index contributed by atoms with van der Waals surface area (Å²) in [5, 5.41) is 4.20. The number of fused-ring (bicyclic) bond motifs is 1. The molecule has 0 bridgehead atoms. The van der Waals surface area contributed by atoms with Crippen molar-refractivity contribution in [3.05, 3.63) is 24.3 Å². The zero-order valence-electron chi connectivity index (χ0n) is 8.02. The summed E-state index contributed by atoms with van der Waals surface area (Å²) in [5.74, 6) is 0.660. The lowest BCUT2D eigenvalue weighted by Gasteiger charge is -2.16. The molecule has 0 radical (unpaired) electrons. The fraction of sp³-hybridized carbons (Fsp3) is 0.444. The van der Waals surface area contributed by atoms with E-state index in [1.54, 1.807) is 23.1 Å². The molecule has 0 saturated heterocycles. The molecular formula is C9H12N4. The number of aromatic nitrogens is 4. The van der Waals surface area contributed by atoms with Gasteiger partial charge in [0.25, 0.3) is 5.78 Å². The first-order valence-electron chi connectivity index (χ1n) is 4.24. The average Bonchev–Trinajstić information content (AvgIpc) is 2.47. The molecule has 0 amide bonds. The van der Waals surface area contributed by atoms with Crippen LogP contribution in [0.5, 0.6) is 0 Å². The highest BCUT2D eigenvalue weighted by Gasteiger charge is 2.16. The summed E-state index contributed by atoms with van der Waals surface area (Å²) < 4.78 is 1.66. The maximum absolute atomic E-state index is 4.40. The van der Waals surface area contributed by atoms with Crippen LogP contribution >= 0.6 is 0 Å². The molecule has 0 aromatic carbocycles. The van der Waals surface area contributed by atoms with E-state index in [1.807, 2.05) is 0 Å². The summed E-state index contributed by atoms with van der Waals surface area (Å²) >= 11 is 0. The molecule has 0 aliphatic heterocycles. The van der Waals surface area contributed by atoms with E-state index in [4.69, 9.17) is 0 Å². The second kappa shape index (κ2) is 2.52. The first kappa shape index (κ1) is 8.16. The number of rotatable bonds is 0. The maximum atomic E-state index is 4.40. The Kier molecular flexibility index (Phi) is 1.58. The maximum Gasteiger partial charge on any atom is 0.250 e. The third-order valence-electron chi connectivity index (χ3n) is 1.90. The van der Waals surface area contributed by atoms with Crippen molar-refractivity contribution in [1.29, 1.82) is 0 Å². The fourth-order valence-electron chi connectivity index (χ4n) is 1.07. The summed E-state index contributed by atoms with van der Waals surface area (Å²) in [4.78, 5) is 8.48. The van der Waals surface area contributed by atoms with Crippen LogP contribution in [0.25, 0.3) is 5.78 Å². The van der Waals surface area contributed by atoms with Crippen LogP contribution in [0.15, 0.2) is 18.6 Å². The van der Waals surface area contributed by atoms with Crippen molar-refractivity contribution < 1.29 is 0 Å². The smallest absolute Gasteiger partial charge is 0.218 e. The normalized spacial score (nSPS) is 12.2. The van der Waals surface area contributed by atoms with Crippen molar-refractivity contribution in [2.24, 2.45) is 0 Å². The molecule has 0 aliphatic rings. The van der Waals surface area contributed by atoms with Crippen molar-refractivity contribution in [3.8, 4) is 0 Å². The molecule has 0 spiro atoms. The van der Waals surface area contributed by atoms with Crippen LogP contribution in [0.2, 0.25) is 0 Å². The Labute approximate surface area is 76.6 Å². The third-order valence-corrected chi connectivity index (χ3v) is 1.90. The highest BCUT2D eigenvalue weighted by molar-refractivity contribution is 5.27. The Balaban J connectivity index is 2.61. The van der Waals surface area contributed by atoms with E-state index in [0.29, 0.717) is 5.78 Å². The molecule has 68 valence electrons. The zero-order valence-corrected chi connectivity index (χ0v) is 8.02. The minimum atomic E-state index is 0.0285. The lowest BCUT2D eigenvalue weighted by atomic mass is 9.93. The summed E-state index contributed by atoms with van der Waals surface area (Å²) in [6.45, 7) is 6.32. The SMILES string of the molecule is CC(C)(C)c1cnn2ccnc2n1. The van der Waals surface area contributed by atoms with E-state index in [9.17, 15) is 0 Å². The van der Waals surface area contributed by atoms with Gasteiger partial charge >= 0.3 is 0 Å². The molecule has 2 heterocycles. The van der Waals surface area contributed by atoms with Gasteiger partial charge < -0.3 is 0 Å². The zero-order chi connectivity index (χ0) is 9.47. The van der Waals surface area contributed by atoms with E-state index in [-0.39, 0.29) is 5.41 Å². The van der Waals surface area contributed by atoms with Crippen LogP contribution in [-0.4, -0.2) is 19.6 Å². The standard InChI is InChI=1S/C9H12N4/c1-9(2,3)7-6-11-13-5-4-10-8(13)12-7/h4-6H,1-3H3. The van der Waals surface area contributed by atoms with Gasteiger partial charge in [-0.1, -0.05) is 20.8 Å². The average molecular weight is 176 g/mol. The molecule has 4 heteroatoms. The van der Waals surface area contributed by atoms with Crippen LogP contribution in [0.1, 0.15) is 26.5 Å². The second-order valence-electron chi connectivity index (χ2n) is 4.06. The van der Waals surface area contributed by atoms with Crippen LogP contribution in [-0.2, 0) is 5.41 Å². The van der Waals surface area contributed by atoms with Gasteiger partial charge in [-0.25, -0.2) is 14.5 Å². The highest BCUT2D eigenvalue weighted by atomic mass is 15.3. The van der Waals surface area contributed by atoms with Gasteiger partial charge in [-0.15, -0.1) is 0 Å². The van der Waals surface area contributed by atoms with Crippen molar-refractivity contribution in [2.45, 2.75) is 26.2 Å². The van der Waals surface area contributed by atoms with E-state index in [0.717, 1.165) is 5.69 Å². The highest BCUT2D eigenvalue weighted by Crippen LogP contribution is 2.18. The fourth-order valence-corrected chi connectivity index (χ4v) is 1.07. The van der Waals surface area contributed by atoms with E-state index in [2.05, 4.69) is 35.8 Å². The van der Waals surface area contributed by atoms with E-state index >= 15 is 0 Å². The molecule has 4 nitrogen and oxygen atoms in total. The number of nitrogens with zero attached hydrogens (tertiary/aromatic N) is 4. The summed E-state index contributed by atoms with van der Waals surface area (Å²) in [7, 11) is 0. The van der Waals surface area contributed by atoms with Crippen molar-refractivity contribution in [2.75, 3.05) is 0 Å². The Morgan fingerprint density at radius 1 is 1.31 bits per heavy atom. The lowest BCUT2D eigenvalue weighted by Crippen LogP contribution is -2.15. The Hall–Kier alpha value is -1.45. The summed E-state index contributed by atoms with van der Waals surface area (Å²) in [6, 6.07) is 0. The quantitative estimate of drug-likeness (QED) is 0.609. The van der Waals surface area contributed by atoms with Gasteiger partial charge in [-0.3, -0.25) is 0 Å². The minimum absolute atomic E-state index is 0.0285. The summed E-state index contributed by atoms with van der Waals surface area (Å²) in [6.07, 6.45) is 5.27. The van der Waals surface area contributed by atoms with Gasteiger partial charge in [0.15, 0.2) is 0 Å². The largest absolute Gasteiger partial charge is 0.250 e. The van der Waals surface area contributed by atoms with Crippen LogP contribution in [0.4, 0.5) is 0 Å². The topological polar surface area (TPSA) is 43.1 Å². The molecule has 2 aromatic rings. The Morgan fingerprint density at radius 3 is 2.77 bits per heavy atom. The molecule has 2 rings (SSSR count). The van der Waals surface area contributed by atoms with E-state index in [1.165, 1.54) is 0 Å². The van der Waals surface area contributed by atoms with E-state index < -0.39 is 0 Å². The molecule has 0 aliphatic carbocycles. The first-order valence-corrected chi connectivity index (χ1v) is 4.24. The molecular weight excluding hydrogens is 164 g/mol. The van der Waals surface area contributed by atoms with Gasteiger partial charge in [0.2, 0.25) is 0 Å². The lowest BCUT2D eigenvalue weighted by molar-refractivity contribution is 0.561. The number of imidazole rings is 1. The molecule has 13 heavy (non-hydrogen) atoms. The number of hydrogen-bond donors (Lipinski definition) is 0. The first-order chi connectivity index (χ1) is 6.07. The second-order valence-corrected chi connectivity index (χ2v) is 4.06. The molecule has 0 atom stereocenters. The van der Waals surface area contributed by atoms with Crippen molar-refractivity contribution in [3.63, 3.8) is 0 Å². The Morgan fingerprint density at radius 2 is 2.08 bits per heavy atom. The predicted molar refractivity (Wildman–Crippen MR) is 49.5 cm³/mol. The number of hydrogen-bond acceptors (Lipinski definition) is 3. The molecule has 0 fully saturated rings. The van der Waals surface area contributed by atoms with Gasteiger partial charge in [0.1, 0.15) is 0 Å². The minimum Gasteiger partial charge on any atom is -0.218 e. The van der Waals surface area contributed by atoms with Gasteiger partial charge in [-0.2, -0.15) is 5.10 Å².